The minimum Gasteiger partial charge on any atom is -0.360 e. The summed E-state index contributed by atoms with van der Waals surface area (Å²) in [6.07, 6.45) is 0.282. The van der Waals surface area contributed by atoms with Crippen LogP contribution in [0.25, 0.3) is 10.9 Å². The minimum absolute atomic E-state index is 0.235. The molecule has 152 valence electrons. The van der Waals surface area contributed by atoms with E-state index in [1.165, 1.54) is 12.1 Å². The van der Waals surface area contributed by atoms with E-state index in [-0.39, 0.29) is 17.9 Å². The van der Waals surface area contributed by atoms with Crippen LogP contribution in [0.2, 0.25) is 0 Å². The summed E-state index contributed by atoms with van der Waals surface area (Å²) in [4.78, 5) is 28.6. The van der Waals surface area contributed by atoms with E-state index in [4.69, 9.17) is 4.52 Å². The van der Waals surface area contributed by atoms with Gasteiger partial charge in [0.05, 0.1) is 0 Å². The molecule has 1 atom stereocenters. The van der Waals surface area contributed by atoms with Crippen molar-refractivity contribution in [3.8, 4) is 0 Å². The van der Waals surface area contributed by atoms with Crippen LogP contribution in [0.3, 0.4) is 0 Å². The highest BCUT2D eigenvalue weighted by molar-refractivity contribution is 6.02. The van der Waals surface area contributed by atoms with E-state index in [0.717, 1.165) is 5.56 Å². The maximum Gasteiger partial charge on any atom is 0.268 e. The highest BCUT2D eigenvalue weighted by atomic mass is 19.1. The quantitative estimate of drug-likeness (QED) is 0.456. The first kappa shape index (κ1) is 19.4. The number of aromatic amines is 1. The topological polar surface area (TPSA) is 100 Å². The summed E-state index contributed by atoms with van der Waals surface area (Å²) in [7, 11) is 0. The third kappa shape index (κ3) is 4.38. The Morgan fingerprint density at radius 1 is 1.13 bits per heavy atom. The van der Waals surface area contributed by atoms with Gasteiger partial charge in [-0.15, -0.1) is 0 Å². The normalized spacial score (nSPS) is 11.9. The third-order valence-corrected chi connectivity index (χ3v) is 4.61. The number of hydrogen-bond acceptors (Lipinski definition) is 4. The molecule has 0 spiro atoms. The number of fused-ring (bicyclic) bond motifs is 1. The van der Waals surface area contributed by atoms with Gasteiger partial charge >= 0.3 is 0 Å². The molecule has 0 aliphatic carbocycles. The lowest BCUT2D eigenvalue weighted by Crippen LogP contribution is -2.45. The van der Waals surface area contributed by atoms with Gasteiger partial charge in [-0.25, -0.2) is 4.39 Å². The van der Waals surface area contributed by atoms with E-state index in [1.54, 1.807) is 25.1 Å². The Morgan fingerprint density at radius 2 is 1.93 bits per heavy atom. The molecule has 2 amide bonds. The van der Waals surface area contributed by atoms with Gasteiger partial charge in [-0.3, -0.25) is 9.59 Å². The number of H-pyrrole nitrogens is 1. The molecule has 30 heavy (non-hydrogen) atoms. The molecule has 3 N–H and O–H groups in total. The summed E-state index contributed by atoms with van der Waals surface area (Å²) in [5, 5.41) is 9.74. The number of aromatic nitrogens is 2. The van der Waals surface area contributed by atoms with Gasteiger partial charge in [0, 0.05) is 23.4 Å². The van der Waals surface area contributed by atoms with E-state index >= 15 is 0 Å². The zero-order valence-electron chi connectivity index (χ0n) is 16.1. The third-order valence-electron chi connectivity index (χ3n) is 4.61. The predicted molar refractivity (Wildman–Crippen MR) is 110 cm³/mol. The van der Waals surface area contributed by atoms with Crippen molar-refractivity contribution < 1.29 is 18.5 Å². The van der Waals surface area contributed by atoms with Gasteiger partial charge in [0.25, 0.3) is 5.91 Å². The molecule has 0 bridgehead atoms. The van der Waals surface area contributed by atoms with Crippen LogP contribution in [0.4, 0.5) is 10.2 Å². The molecule has 0 saturated carbocycles. The number of carbonyl (C=O) groups is 2. The van der Waals surface area contributed by atoms with E-state index < -0.39 is 23.7 Å². The van der Waals surface area contributed by atoms with Crippen LogP contribution in [-0.2, 0) is 11.2 Å². The standard InChI is InChI=1S/C22H19FN4O3/c1-13-9-20(27-30-13)26-22(29)18(10-14-5-3-2-4-6-14)25-21(28)19-12-15-11-16(23)7-8-17(15)24-19/h2-9,11-12,18,24H,10H2,1H3,(H,25,28)(H,26,27,29)/t18-/m0/s1. The number of nitrogens with zero attached hydrogens (tertiary/aromatic N) is 1. The molecule has 2 aromatic carbocycles. The van der Waals surface area contributed by atoms with Crippen LogP contribution in [0, 0.1) is 12.7 Å². The summed E-state index contributed by atoms with van der Waals surface area (Å²) >= 11 is 0. The fourth-order valence-corrected chi connectivity index (χ4v) is 3.16. The van der Waals surface area contributed by atoms with Crippen molar-refractivity contribution in [1.29, 1.82) is 0 Å². The van der Waals surface area contributed by atoms with Crippen molar-refractivity contribution in [2.24, 2.45) is 0 Å². The van der Waals surface area contributed by atoms with Crippen molar-refractivity contribution >= 4 is 28.5 Å². The maximum atomic E-state index is 13.4. The van der Waals surface area contributed by atoms with Crippen LogP contribution in [0.5, 0.6) is 0 Å². The number of carbonyl (C=O) groups excluding carboxylic acids is 2. The van der Waals surface area contributed by atoms with E-state index in [9.17, 15) is 14.0 Å². The minimum atomic E-state index is -0.861. The van der Waals surface area contributed by atoms with Gasteiger partial charge in [-0.1, -0.05) is 35.5 Å². The summed E-state index contributed by atoms with van der Waals surface area (Å²) in [6.45, 7) is 1.71. The molecule has 4 rings (SSSR count). The zero-order chi connectivity index (χ0) is 21.1. The van der Waals surface area contributed by atoms with Crippen molar-refractivity contribution in [2.75, 3.05) is 5.32 Å². The largest absolute Gasteiger partial charge is 0.360 e. The summed E-state index contributed by atoms with van der Waals surface area (Å²) in [6, 6.07) is 15.8. The molecule has 2 heterocycles. The molecule has 7 nitrogen and oxygen atoms in total. The fourth-order valence-electron chi connectivity index (χ4n) is 3.16. The zero-order valence-corrected chi connectivity index (χ0v) is 16.1. The molecular formula is C22H19FN4O3. The van der Waals surface area contributed by atoms with Gasteiger partial charge in [0.1, 0.15) is 23.3 Å². The second-order valence-electron chi connectivity index (χ2n) is 6.94. The Balaban J connectivity index is 1.55. The Morgan fingerprint density at radius 3 is 2.67 bits per heavy atom. The van der Waals surface area contributed by atoms with Crippen LogP contribution in [0.15, 0.2) is 65.2 Å². The number of aryl methyl sites for hydroxylation is 1. The van der Waals surface area contributed by atoms with Crippen molar-refractivity contribution in [1.82, 2.24) is 15.5 Å². The first-order chi connectivity index (χ1) is 14.5. The number of anilines is 1. The highest BCUT2D eigenvalue weighted by Gasteiger charge is 2.24. The molecule has 0 radical (unpaired) electrons. The van der Waals surface area contributed by atoms with Gasteiger partial charge in [0.15, 0.2) is 5.82 Å². The van der Waals surface area contributed by atoms with Crippen LogP contribution < -0.4 is 10.6 Å². The summed E-state index contributed by atoms with van der Waals surface area (Å²) < 4.78 is 18.4. The number of halogens is 1. The van der Waals surface area contributed by atoms with Gasteiger partial charge < -0.3 is 20.1 Å². The molecule has 0 aliphatic heterocycles. The lowest BCUT2D eigenvalue weighted by molar-refractivity contribution is -0.118. The van der Waals surface area contributed by atoms with Crippen LogP contribution >= 0.6 is 0 Å². The second kappa shape index (κ2) is 8.20. The van der Waals surface area contributed by atoms with Crippen molar-refractivity contribution in [3.63, 3.8) is 0 Å². The summed E-state index contributed by atoms with van der Waals surface area (Å²) in [5.41, 5.74) is 1.75. The van der Waals surface area contributed by atoms with Crippen molar-refractivity contribution in [2.45, 2.75) is 19.4 Å². The van der Waals surface area contributed by atoms with Gasteiger partial charge in [-0.05, 0) is 36.8 Å². The Bertz CT molecular complexity index is 1200. The molecular weight excluding hydrogens is 387 g/mol. The number of rotatable bonds is 6. The molecule has 0 fully saturated rings. The SMILES string of the molecule is Cc1cc(NC(=O)[C@H](Cc2ccccc2)NC(=O)c2cc3cc(F)ccc3[nH]2)no1. The van der Waals surface area contributed by atoms with E-state index in [2.05, 4.69) is 20.8 Å². The Labute approximate surface area is 171 Å². The predicted octanol–water partition coefficient (Wildman–Crippen LogP) is 3.58. The fraction of sp³-hybridized carbons (Fsp3) is 0.136. The number of benzene rings is 2. The van der Waals surface area contributed by atoms with Crippen molar-refractivity contribution in [3.05, 3.63) is 83.5 Å². The average Bonchev–Trinajstić information content (AvgIpc) is 3.33. The molecule has 8 heteroatoms. The van der Waals surface area contributed by atoms with Gasteiger partial charge in [-0.2, -0.15) is 0 Å². The van der Waals surface area contributed by atoms with Gasteiger partial charge in [0.2, 0.25) is 5.91 Å². The monoisotopic (exact) mass is 406 g/mol. The number of hydrogen-bond donors (Lipinski definition) is 3. The molecule has 0 saturated heterocycles. The number of nitrogens with one attached hydrogen (secondary N) is 3. The maximum absolute atomic E-state index is 13.4. The smallest absolute Gasteiger partial charge is 0.268 e. The summed E-state index contributed by atoms with van der Waals surface area (Å²) in [5.74, 6) is -0.468. The molecule has 0 aliphatic rings. The van der Waals surface area contributed by atoms with Crippen LogP contribution in [0.1, 0.15) is 21.8 Å². The van der Waals surface area contributed by atoms with E-state index in [0.29, 0.717) is 16.7 Å². The lowest BCUT2D eigenvalue weighted by atomic mass is 10.0. The molecule has 0 unspecified atom stereocenters. The van der Waals surface area contributed by atoms with E-state index in [1.807, 2.05) is 30.3 Å². The lowest BCUT2D eigenvalue weighted by Gasteiger charge is -2.17. The number of amides is 2. The Hall–Kier alpha value is -3.94. The first-order valence-electron chi connectivity index (χ1n) is 9.35. The molecule has 2 aromatic heterocycles. The highest BCUT2D eigenvalue weighted by Crippen LogP contribution is 2.17. The average molecular weight is 406 g/mol. The first-order valence-corrected chi connectivity index (χ1v) is 9.35. The second-order valence-corrected chi connectivity index (χ2v) is 6.94. The molecule has 4 aromatic rings. The van der Waals surface area contributed by atoms with Crippen LogP contribution in [-0.4, -0.2) is 28.0 Å². The Kier molecular flexibility index (Phi) is 5.30.